The molecule has 0 bridgehead atoms. The van der Waals surface area contributed by atoms with Crippen LogP contribution in [0.25, 0.3) is 80.7 Å². The SMILES string of the molecule is c1ccc(-n2c3ccccc3c3ccc(-c4ccc(N(c5ccc6c(c5)oc5ccccc56)c5cccc6c5sc5ccccc56)cc4)cc32)cc1. The number of hydrogen-bond acceptors (Lipinski definition) is 3. The van der Waals surface area contributed by atoms with Gasteiger partial charge in [0.15, 0.2) is 0 Å². The van der Waals surface area contributed by atoms with Crippen LogP contribution in [-0.4, -0.2) is 4.57 Å². The van der Waals surface area contributed by atoms with Crippen LogP contribution < -0.4 is 4.90 Å². The van der Waals surface area contributed by atoms with E-state index in [1.807, 2.05) is 23.5 Å². The number of nitrogens with zero attached hydrogens (tertiary/aromatic N) is 2. The fourth-order valence-electron chi connectivity index (χ4n) is 8.00. The van der Waals surface area contributed by atoms with Crippen molar-refractivity contribution in [3.63, 3.8) is 0 Å². The Kier molecular flexibility index (Phi) is 6.42. The average Bonchev–Trinajstić information content (AvgIpc) is 3.88. The van der Waals surface area contributed by atoms with Crippen molar-refractivity contribution in [1.82, 2.24) is 4.57 Å². The quantitative estimate of drug-likeness (QED) is 0.180. The lowest BCUT2D eigenvalue weighted by Gasteiger charge is -2.26. The summed E-state index contributed by atoms with van der Waals surface area (Å²) in [5.74, 6) is 0. The molecule has 0 aliphatic heterocycles. The second kappa shape index (κ2) is 11.5. The van der Waals surface area contributed by atoms with Crippen LogP contribution in [0.5, 0.6) is 0 Å². The van der Waals surface area contributed by atoms with Crippen LogP contribution in [0.1, 0.15) is 0 Å². The van der Waals surface area contributed by atoms with E-state index in [0.29, 0.717) is 0 Å². The third kappa shape index (κ3) is 4.45. The minimum Gasteiger partial charge on any atom is -0.456 e. The van der Waals surface area contributed by atoms with Gasteiger partial charge < -0.3 is 13.9 Å². The van der Waals surface area contributed by atoms with E-state index in [4.69, 9.17) is 4.42 Å². The first kappa shape index (κ1) is 29.1. The Morgan fingerprint density at radius 1 is 0.423 bits per heavy atom. The fourth-order valence-corrected chi connectivity index (χ4v) is 9.20. The second-order valence-corrected chi connectivity index (χ2v) is 14.4. The largest absolute Gasteiger partial charge is 0.456 e. The molecule has 11 rings (SSSR count). The van der Waals surface area contributed by atoms with Crippen molar-refractivity contribution in [3.05, 3.63) is 182 Å². The van der Waals surface area contributed by atoms with Gasteiger partial charge in [0.2, 0.25) is 0 Å². The van der Waals surface area contributed by atoms with Crippen LogP contribution >= 0.6 is 11.3 Å². The molecular formula is C48H30N2OS. The van der Waals surface area contributed by atoms with Crippen molar-refractivity contribution in [2.24, 2.45) is 0 Å². The molecule has 3 nitrogen and oxygen atoms in total. The molecule has 0 aliphatic carbocycles. The van der Waals surface area contributed by atoms with Gasteiger partial charge in [0.25, 0.3) is 0 Å². The van der Waals surface area contributed by atoms with Crippen molar-refractivity contribution in [2.45, 2.75) is 0 Å². The van der Waals surface area contributed by atoms with Crippen LogP contribution in [0.2, 0.25) is 0 Å². The maximum absolute atomic E-state index is 6.40. The summed E-state index contributed by atoms with van der Waals surface area (Å²) < 4.78 is 11.3. The third-order valence-electron chi connectivity index (χ3n) is 10.4. The Morgan fingerprint density at radius 3 is 1.96 bits per heavy atom. The molecule has 4 heteroatoms. The maximum Gasteiger partial charge on any atom is 0.137 e. The van der Waals surface area contributed by atoms with Gasteiger partial charge in [0.05, 0.1) is 21.4 Å². The van der Waals surface area contributed by atoms with Gasteiger partial charge in [-0.05, 0) is 77.9 Å². The standard InChI is InChI=1S/C48H30N2OS/c1-2-11-33(12-3-1)50-42-17-7-4-13-36(42)37-27-23-32(29-44(37)50)31-21-24-34(25-22-31)49(35-26-28-39-38-14-5-8-19-45(38)51-46(39)30-35)43-18-10-16-41-40-15-6-9-20-47(40)52-48(41)43/h1-30H. The number of benzene rings is 8. The van der Waals surface area contributed by atoms with Crippen LogP contribution in [0.4, 0.5) is 17.1 Å². The summed E-state index contributed by atoms with van der Waals surface area (Å²) in [5, 5.41) is 7.33. The van der Waals surface area contributed by atoms with Gasteiger partial charge in [-0.1, -0.05) is 109 Å². The van der Waals surface area contributed by atoms with Gasteiger partial charge in [-0.25, -0.2) is 0 Å². The zero-order valence-corrected chi connectivity index (χ0v) is 28.8. The van der Waals surface area contributed by atoms with Gasteiger partial charge >= 0.3 is 0 Å². The molecule has 0 radical (unpaired) electrons. The highest BCUT2D eigenvalue weighted by Gasteiger charge is 2.20. The number of hydrogen-bond donors (Lipinski definition) is 0. The van der Waals surface area contributed by atoms with E-state index < -0.39 is 0 Å². The third-order valence-corrected chi connectivity index (χ3v) is 11.6. The molecule has 244 valence electrons. The summed E-state index contributed by atoms with van der Waals surface area (Å²) in [6.07, 6.45) is 0. The van der Waals surface area contributed by atoms with E-state index in [9.17, 15) is 0 Å². The maximum atomic E-state index is 6.40. The minimum absolute atomic E-state index is 0.881. The monoisotopic (exact) mass is 682 g/mol. The summed E-state index contributed by atoms with van der Waals surface area (Å²) in [6.45, 7) is 0. The van der Waals surface area contributed by atoms with Crippen LogP contribution in [0, 0.1) is 0 Å². The number of aromatic nitrogens is 1. The predicted molar refractivity (Wildman–Crippen MR) is 221 cm³/mol. The lowest BCUT2D eigenvalue weighted by Crippen LogP contribution is -2.10. The first-order valence-corrected chi connectivity index (χ1v) is 18.4. The highest BCUT2D eigenvalue weighted by Crippen LogP contribution is 2.46. The normalized spacial score (nSPS) is 11.8. The van der Waals surface area contributed by atoms with E-state index in [1.54, 1.807) is 0 Å². The highest BCUT2D eigenvalue weighted by atomic mass is 32.1. The number of rotatable bonds is 5. The molecule has 0 fully saturated rings. The summed E-state index contributed by atoms with van der Waals surface area (Å²) in [5.41, 5.74) is 11.0. The Hall–Kier alpha value is -6.62. The summed E-state index contributed by atoms with van der Waals surface area (Å²) in [7, 11) is 0. The molecule has 0 N–H and O–H groups in total. The van der Waals surface area contributed by atoms with Crippen LogP contribution in [0.15, 0.2) is 186 Å². The molecule has 0 saturated heterocycles. The Balaban J connectivity index is 1.08. The van der Waals surface area contributed by atoms with E-state index in [2.05, 4.69) is 179 Å². The molecule has 11 aromatic rings. The zero-order chi connectivity index (χ0) is 34.2. The van der Waals surface area contributed by atoms with E-state index in [0.717, 1.165) is 44.7 Å². The molecule has 0 unspecified atom stereocenters. The first-order valence-electron chi connectivity index (χ1n) is 17.6. The van der Waals surface area contributed by atoms with Crippen molar-refractivity contribution < 1.29 is 4.42 Å². The molecular weight excluding hydrogens is 653 g/mol. The van der Waals surface area contributed by atoms with Gasteiger partial charge in [0, 0.05) is 60.1 Å². The highest BCUT2D eigenvalue weighted by molar-refractivity contribution is 7.26. The van der Waals surface area contributed by atoms with Crippen LogP contribution in [0.3, 0.4) is 0 Å². The Labute approximate surface area is 303 Å². The van der Waals surface area contributed by atoms with Crippen molar-refractivity contribution >= 4 is 92.3 Å². The smallest absolute Gasteiger partial charge is 0.137 e. The Bertz CT molecular complexity index is 3130. The molecule has 3 aromatic heterocycles. The molecule has 52 heavy (non-hydrogen) atoms. The molecule has 0 amide bonds. The number of para-hydroxylation sites is 3. The van der Waals surface area contributed by atoms with Crippen molar-refractivity contribution in [1.29, 1.82) is 0 Å². The molecule has 8 aromatic carbocycles. The van der Waals surface area contributed by atoms with Gasteiger partial charge in [-0.2, -0.15) is 0 Å². The first-order chi connectivity index (χ1) is 25.8. The van der Waals surface area contributed by atoms with E-state index in [1.165, 1.54) is 53.1 Å². The summed E-state index contributed by atoms with van der Waals surface area (Å²) in [4.78, 5) is 2.38. The van der Waals surface area contributed by atoms with Gasteiger partial charge in [-0.3, -0.25) is 0 Å². The molecule has 0 aliphatic rings. The lowest BCUT2D eigenvalue weighted by atomic mass is 10.0. The van der Waals surface area contributed by atoms with E-state index >= 15 is 0 Å². The van der Waals surface area contributed by atoms with E-state index in [-0.39, 0.29) is 0 Å². The molecule has 3 heterocycles. The zero-order valence-electron chi connectivity index (χ0n) is 28.0. The topological polar surface area (TPSA) is 21.3 Å². The predicted octanol–water partition coefficient (Wildman–Crippen LogP) is 14.2. The summed E-state index contributed by atoms with van der Waals surface area (Å²) in [6, 6.07) is 65.5. The van der Waals surface area contributed by atoms with Crippen molar-refractivity contribution in [2.75, 3.05) is 4.90 Å². The molecule has 0 spiro atoms. The molecule has 0 saturated carbocycles. The van der Waals surface area contributed by atoms with Crippen molar-refractivity contribution in [3.8, 4) is 16.8 Å². The fraction of sp³-hybridized carbons (Fsp3) is 0. The van der Waals surface area contributed by atoms with Gasteiger partial charge in [0.1, 0.15) is 11.2 Å². The number of fused-ring (bicyclic) bond motifs is 9. The number of anilines is 3. The Morgan fingerprint density at radius 2 is 1.08 bits per heavy atom. The summed E-state index contributed by atoms with van der Waals surface area (Å²) >= 11 is 1.85. The van der Waals surface area contributed by atoms with Crippen LogP contribution in [-0.2, 0) is 0 Å². The second-order valence-electron chi connectivity index (χ2n) is 13.3. The minimum atomic E-state index is 0.881. The number of furan rings is 1. The molecule has 0 atom stereocenters. The average molecular weight is 683 g/mol. The number of thiophene rings is 1. The lowest BCUT2D eigenvalue weighted by molar-refractivity contribution is 0.669. The van der Waals surface area contributed by atoms with Gasteiger partial charge in [-0.15, -0.1) is 11.3 Å².